The van der Waals surface area contributed by atoms with E-state index in [1.165, 1.54) is 0 Å². The minimum absolute atomic E-state index is 0.444. The third kappa shape index (κ3) is 3.01. The van der Waals surface area contributed by atoms with Crippen LogP contribution in [-0.4, -0.2) is 37.0 Å². The van der Waals surface area contributed by atoms with Crippen molar-refractivity contribution in [1.82, 2.24) is 9.88 Å². The van der Waals surface area contributed by atoms with E-state index in [1.807, 2.05) is 14.1 Å². The molecule has 0 spiro atoms. The number of hydrogen-bond donors (Lipinski definition) is 2. The first-order valence-electron chi connectivity index (χ1n) is 4.42. The fourth-order valence-electron chi connectivity index (χ4n) is 0.934. The fraction of sp³-hybridized carbons (Fsp3) is 0.333. The van der Waals surface area contributed by atoms with Crippen LogP contribution in [0.2, 0.25) is 0 Å². The molecule has 0 aliphatic carbocycles. The van der Waals surface area contributed by atoms with E-state index in [1.54, 1.807) is 30.3 Å². The minimum Gasteiger partial charge on any atom is -0.396 e. The van der Waals surface area contributed by atoms with E-state index in [4.69, 9.17) is 10.6 Å². The molecule has 0 radical (unpaired) electrons. The maximum absolute atomic E-state index is 5.67. The molecule has 3 N–H and O–H groups in total. The number of anilines is 2. The zero-order chi connectivity index (χ0) is 11.3. The molecule has 1 rings (SSSR count). The summed E-state index contributed by atoms with van der Waals surface area (Å²) >= 11 is 0. The molecule has 0 unspecified atom stereocenters. The van der Waals surface area contributed by atoms with Crippen molar-refractivity contribution < 1.29 is 4.84 Å². The summed E-state index contributed by atoms with van der Waals surface area (Å²) in [5, 5.41) is 0. The number of nitrogen functional groups attached to an aromatic ring is 1. The molecule has 0 aliphatic heterocycles. The maximum Gasteiger partial charge on any atom is 0.313 e. The van der Waals surface area contributed by atoms with Crippen LogP contribution >= 0.6 is 0 Å². The van der Waals surface area contributed by atoms with Gasteiger partial charge in [0.25, 0.3) is 0 Å². The predicted molar refractivity (Wildman–Crippen MR) is 60.4 cm³/mol. The highest BCUT2D eigenvalue weighted by Crippen LogP contribution is 2.12. The number of amidine groups is 1. The summed E-state index contributed by atoms with van der Waals surface area (Å²) in [6.07, 6.45) is 1.63. The molecule has 0 aromatic carbocycles. The number of rotatable bonds is 2. The Kier molecular flexibility index (Phi) is 3.73. The summed E-state index contributed by atoms with van der Waals surface area (Å²) in [6, 6.07) is 3.93. The van der Waals surface area contributed by atoms with Gasteiger partial charge in [-0.2, -0.15) is 5.48 Å². The van der Waals surface area contributed by atoms with Crippen LogP contribution in [0.25, 0.3) is 0 Å². The third-order valence-corrected chi connectivity index (χ3v) is 1.65. The number of hydrogen-bond acceptors (Lipinski definition) is 5. The topological polar surface area (TPSA) is 75.8 Å². The highest BCUT2D eigenvalue weighted by Gasteiger charge is 2.04. The SMILES string of the molecule is C/N=C(/ONc1ncccc1N)N(C)C. The van der Waals surface area contributed by atoms with Crippen LogP contribution < -0.4 is 11.2 Å². The fourth-order valence-corrected chi connectivity index (χ4v) is 0.934. The summed E-state index contributed by atoms with van der Waals surface area (Å²) in [4.78, 5) is 14.9. The largest absolute Gasteiger partial charge is 0.396 e. The van der Waals surface area contributed by atoms with E-state index >= 15 is 0 Å². The highest BCUT2D eigenvalue weighted by molar-refractivity contribution is 5.74. The van der Waals surface area contributed by atoms with Crippen LogP contribution in [0.3, 0.4) is 0 Å². The molecular formula is C9H15N5O. The van der Waals surface area contributed by atoms with Crippen molar-refractivity contribution in [2.24, 2.45) is 4.99 Å². The van der Waals surface area contributed by atoms with Crippen molar-refractivity contribution in [2.75, 3.05) is 32.4 Å². The Balaban J connectivity index is 2.61. The zero-order valence-electron chi connectivity index (χ0n) is 9.06. The Morgan fingerprint density at radius 3 is 2.87 bits per heavy atom. The monoisotopic (exact) mass is 209 g/mol. The van der Waals surface area contributed by atoms with Gasteiger partial charge in [-0.25, -0.2) is 9.98 Å². The molecule has 0 saturated carbocycles. The predicted octanol–water partition coefficient (Wildman–Crippen LogP) is 0.555. The number of aliphatic imine (C=N–C) groups is 1. The van der Waals surface area contributed by atoms with E-state index in [0.717, 1.165) is 0 Å². The van der Waals surface area contributed by atoms with Crippen molar-refractivity contribution in [3.05, 3.63) is 18.3 Å². The zero-order valence-corrected chi connectivity index (χ0v) is 9.06. The quantitative estimate of drug-likeness (QED) is 0.423. The smallest absolute Gasteiger partial charge is 0.313 e. The second-order valence-electron chi connectivity index (χ2n) is 3.05. The van der Waals surface area contributed by atoms with E-state index in [2.05, 4.69) is 15.5 Å². The summed E-state index contributed by atoms with van der Waals surface area (Å²) in [7, 11) is 5.29. The summed E-state index contributed by atoms with van der Waals surface area (Å²) in [5.41, 5.74) is 8.82. The van der Waals surface area contributed by atoms with Gasteiger partial charge in [-0.1, -0.05) is 0 Å². The van der Waals surface area contributed by atoms with Gasteiger partial charge in [0.15, 0.2) is 5.82 Å². The standard InChI is InChI=1S/C9H15N5O/c1-11-9(14(2)3)15-13-8-7(10)5-4-6-12-8/h4-6H,10H2,1-3H3,(H,12,13)/b11-9+. The van der Waals surface area contributed by atoms with Crippen LogP contribution in [0.1, 0.15) is 0 Å². The summed E-state index contributed by atoms with van der Waals surface area (Å²) in [5.74, 6) is 0.473. The molecule has 0 saturated heterocycles. The summed E-state index contributed by atoms with van der Waals surface area (Å²) in [6.45, 7) is 0. The molecule has 1 heterocycles. The molecule has 6 heteroatoms. The molecule has 1 aromatic rings. The van der Waals surface area contributed by atoms with Crippen LogP contribution in [0.4, 0.5) is 11.5 Å². The second kappa shape index (κ2) is 5.04. The van der Waals surface area contributed by atoms with Gasteiger partial charge in [0.1, 0.15) is 0 Å². The van der Waals surface area contributed by atoms with Crippen molar-refractivity contribution in [3.8, 4) is 0 Å². The van der Waals surface area contributed by atoms with Gasteiger partial charge >= 0.3 is 6.02 Å². The Bertz CT molecular complexity index is 350. The number of pyridine rings is 1. The molecule has 0 atom stereocenters. The number of aromatic nitrogens is 1. The van der Waals surface area contributed by atoms with E-state index in [-0.39, 0.29) is 0 Å². The van der Waals surface area contributed by atoms with Crippen molar-refractivity contribution in [3.63, 3.8) is 0 Å². The first-order valence-corrected chi connectivity index (χ1v) is 4.42. The first kappa shape index (κ1) is 11.1. The normalized spacial score (nSPS) is 11.0. The van der Waals surface area contributed by atoms with Gasteiger partial charge in [-0.15, -0.1) is 0 Å². The van der Waals surface area contributed by atoms with Gasteiger partial charge in [-0.3, -0.25) is 0 Å². The highest BCUT2D eigenvalue weighted by atomic mass is 16.7. The van der Waals surface area contributed by atoms with Crippen LogP contribution in [0.5, 0.6) is 0 Å². The van der Waals surface area contributed by atoms with Gasteiger partial charge in [0.2, 0.25) is 0 Å². The van der Waals surface area contributed by atoms with Gasteiger partial charge < -0.3 is 15.5 Å². The molecule has 0 aliphatic rings. The number of nitrogens with zero attached hydrogens (tertiary/aromatic N) is 3. The second-order valence-corrected chi connectivity index (χ2v) is 3.05. The van der Waals surface area contributed by atoms with Crippen molar-refractivity contribution in [2.45, 2.75) is 0 Å². The van der Waals surface area contributed by atoms with Gasteiger partial charge in [-0.05, 0) is 12.1 Å². The molecular weight excluding hydrogens is 194 g/mol. The Hall–Kier alpha value is -1.98. The lowest BCUT2D eigenvalue weighted by Gasteiger charge is -2.15. The number of nitrogens with one attached hydrogen (secondary N) is 1. The lowest BCUT2D eigenvalue weighted by molar-refractivity contribution is 0.323. The Morgan fingerprint density at radius 2 is 2.33 bits per heavy atom. The summed E-state index contributed by atoms with van der Waals surface area (Å²) < 4.78 is 0. The van der Waals surface area contributed by atoms with Gasteiger partial charge in [0.05, 0.1) is 5.69 Å². The molecule has 0 bridgehead atoms. The maximum atomic E-state index is 5.67. The van der Waals surface area contributed by atoms with Crippen LogP contribution in [0.15, 0.2) is 23.3 Å². The molecule has 15 heavy (non-hydrogen) atoms. The molecule has 6 nitrogen and oxygen atoms in total. The molecule has 0 fully saturated rings. The average Bonchev–Trinajstić information content (AvgIpc) is 2.21. The van der Waals surface area contributed by atoms with Crippen LogP contribution in [-0.2, 0) is 4.84 Å². The lowest BCUT2D eigenvalue weighted by atomic mass is 10.4. The lowest BCUT2D eigenvalue weighted by Crippen LogP contribution is -2.27. The van der Waals surface area contributed by atoms with Crippen molar-refractivity contribution in [1.29, 1.82) is 0 Å². The number of nitrogens with two attached hydrogens (primary N) is 1. The van der Waals surface area contributed by atoms with E-state index < -0.39 is 0 Å². The Labute approximate surface area is 88.7 Å². The van der Waals surface area contributed by atoms with Gasteiger partial charge in [0, 0.05) is 27.3 Å². The van der Waals surface area contributed by atoms with E-state index in [0.29, 0.717) is 17.5 Å². The molecule has 82 valence electrons. The molecule has 0 amide bonds. The third-order valence-electron chi connectivity index (χ3n) is 1.65. The first-order chi connectivity index (χ1) is 7.15. The average molecular weight is 209 g/mol. The minimum atomic E-state index is 0.444. The van der Waals surface area contributed by atoms with Crippen molar-refractivity contribution >= 4 is 17.5 Å². The molecule has 1 aromatic heterocycles. The Morgan fingerprint density at radius 1 is 1.60 bits per heavy atom. The van der Waals surface area contributed by atoms with E-state index in [9.17, 15) is 0 Å². The van der Waals surface area contributed by atoms with Crippen LogP contribution in [0, 0.1) is 0 Å².